The van der Waals surface area contributed by atoms with Gasteiger partial charge in [0.25, 0.3) is 0 Å². The maximum atomic E-state index is 12.7. The normalized spacial score (nSPS) is 33.1. The molecule has 3 rings (SSSR count). The Morgan fingerprint density at radius 3 is 2.44 bits per heavy atom. The Morgan fingerprint density at radius 1 is 1.22 bits per heavy atom. The van der Waals surface area contributed by atoms with Gasteiger partial charge < -0.3 is 14.2 Å². The van der Waals surface area contributed by atoms with Gasteiger partial charge in [0.1, 0.15) is 5.60 Å². The molecule has 3 fully saturated rings. The highest BCUT2D eigenvalue weighted by Crippen LogP contribution is 2.65. The summed E-state index contributed by atoms with van der Waals surface area (Å²) in [7, 11) is 0. The molecule has 0 aromatic rings. The lowest BCUT2D eigenvalue weighted by atomic mass is 9.66. The van der Waals surface area contributed by atoms with Crippen molar-refractivity contribution < 1.29 is 28.6 Å². The topological polar surface area (TPSA) is 78.9 Å². The molecule has 4 unspecified atom stereocenters. The van der Waals surface area contributed by atoms with Crippen LogP contribution < -0.4 is 0 Å². The Labute approximate surface area is 160 Å². The average molecular weight is 378 g/mol. The number of carbonyl (C=O) groups excluding carboxylic acids is 3. The molecule has 1 spiro atoms. The summed E-state index contributed by atoms with van der Waals surface area (Å²) in [5, 5.41) is 0. The molecule has 1 saturated heterocycles. The lowest BCUT2D eigenvalue weighted by molar-refractivity contribution is -0.159. The van der Waals surface area contributed by atoms with E-state index in [0.717, 1.165) is 38.5 Å². The Balaban J connectivity index is 1.51. The van der Waals surface area contributed by atoms with Crippen LogP contribution in [0.5, 0.6) is 0 Å². The largest absolute Gasteiger partial charge is 0.463 e. The molecule has 3 aliphatic rings. The quantitative estimate of drug-likeness (QED) is 0.385. The van der Waals surface area contributed by atoms with E-state index in [1.165, 1.54) is 6.92 Å². The van der Waals surface area contributed by atoms with E-state index in [2.05, 4.69) is 20.4 Å². The van der Waals surface area contributed by atoms with Crippen LogP contribution in [0, 0.1) is 23.2 Å². The van der Waals surface area contributed by atoms with E-state index in [4.69, 9.17) is 14.2 Å². The predicted molar refractivity (Wildman–Crippen MR) is 97.5 cm³/mol. The zero-order valence-electron chi connectivity index (χ0n) is 16.5. The van der Waals surface area contributed by atoms with E-state index in [-0.39, 0.29) is 28.5 Å². The summed E-state index contributed by atoms with van der Waals surface area (Å²) in [6.07, 6.45) is 5.28. The van der Waals surface area contributed by atoms with Crippen LogP contribution in [0.2, 0.25) is 0 Å². The molecule has 6 nitrogen and oxygen atoms in total. The number of carbonyl (C=O) groups is 3. The minimum atomic E-state index is -0.594. The van der Waals surface area contributed by atoms with Crippen LogP contribution >= 0.6 is 0 Å². The third kappa shape index (κ3) is 3.50. The van der Waals surface area contributed by atoms with Crippen LogP contribution in [0.1, 0.15) is 59.3 Å². The molecule has 6 heteroatoms. The standard InChI is InChI=1S/C21H30O6/c1-5-20(6-2)12-21(19(24)27-20)9-14-7-16(21)8-15(14)10-25-17(22)11-26-18(23)13(3)4/h14-16H,3,5-12H2,1-2,4H3. The molecule has 0 aromatic carbocycles. The van der Waals surface area contributed by atoms with Crippen molar-refractivity contribution in [3.05, 3.63) is 12.2 Å². The molecule has 2 aliphatic carbocycles. The Hall–Kier alpha value is -1.85. The Morgan fingerprint density at radius 2 is 1.93 bits per heavy atom. The van der Waals surface area contributed by atoms with E-state index in [1.54, 1.807) is 0 Å². The van der Waals surface area contributed by atoms with E-state index < -0.39 is 18.5 Å². The number of cyclic esters (lactones) is 1. The lowest BCUT2D eigenvalue weighted by Gasteiger charge is -2.34. The molecule has 1 aliphatic heterocycles. The summed E-state index contributed by atoms with van der Waals surface area (Å²) in [6, 6.07) is 0. The summed E-state index contributed by atoms with van der Waals surface area (Å²) in [4.78, 5) is 35.8. The monoisotopic (exact) mass is 378 g/mol. The summed E-state index contributed by atoms with van der Waals surface area (Å²) in [5.74, 6) is -0.173. The second-order valence-corrected chi connectivity index (χ2v) is 8.54. The van der Waals surface area contributed by atoms with Crippen molar-refractivity contribution >= 4 is 17.9 Å². The highest BCUT2D eigenvalue weighted by Gasteiger charge is 2.66. The minimum absolute atomic E-state index is 0.0131. The van der Waals surface area contributed by atoms with Gasteiger partial charge in [-0.25, -0.2) is 9.59 Å². The highest BCUT2D eigenvalue weighted by molar-refractivity contribution is 5.88. The first kappa shape index (κ1) is 19.9. The molecule has 0 aromatic heterocycles. The van der Waals surface area contributed by atoms with Gasteiger partial charge in [-0.3, -0.25) is 4.79 Å². The fraction of sp³-hybridized carbons (Fsp3) is 0.762. The first-order valence-electron chi connectivity index (χ1n) is 9.97. The zero-order chi connectivity index (χ0) is 19.8. The third-order valence-electron chi connectivity index (χ3n) is 7.02. The average Bonchev–Trinajstić information content (AvgIpc) is 3.29. The fourth-order valence-electron chi connectivity index (χ4n) is 5.33. The van der Waals surface area contributed by atoms with E-state index in [9.17, 15) is 14.4 Å². The molecule has 4 atom stereocenters. The van der Waals surface area contributed by atoms with Crippen LogP contribution in [-0.4, -0.2) is 36.7 Å². The van der Waals surface area contributed by atoms with Gasteiger partial charge in [-0.05, 0) is 56.8 Å². The van der Waals surface area contributed by atoms with Gasteiger partial charge in [-0.2, -0.15) is 0 Å². The lowest BCUT2D eigenvalue weighted by Crippen LogP contribution is -2.36. The van der Waals surface area contributed by atoms with Crippen LogP contribution in [0.25, 0.3) is 0 Å². The zero-order valence-corrected chi connectivity index (χ0v) is 16.5. The molecule has 0 radical (unpaired) electrons. The molecule has 1 heterocycles. The molecule has 2 bridgehead atoms. The van der Waals surface area contributed by atoms with Crippen molar-refractivity contribution in [2.45, 2.75) is 64.9 Å². The number of ether oxygens (including phenoxy) is 3. The van der Waals surface area contributed by atoms with Crippen LogP contribution in [0.4, 0.5) is 0 Å². The highest BCUT2D eigenvalue weighted by atomic mass is 16.6. The smallest absolute Gasteiger partial charge is 0.344 e. The van der Waals surface area contributed by atoms with Gasteiger partial charge in [0.2, 0.25) is 0 Å². The first-order valence-corrected chi connectivity index (χ1v) is 9.97. The minimum Gasteiger partial charge on any atom is -0.463 e. The van der Waals surface area contributed by atoms with Crippen LogP contribution in [-0.2, 0) is 28.6 Å². The van der Waals surface area contributed by atoms with Gasteiger partial charge in [-0.15, -0.1) is 0 Å². The van der Waals surface area contributed by atoms with Crippen LogP contribution in [0.15, 0.2) is 12.2 Å². The van der Waals surface area contributed by atoms with Gasteiger partial charge in [0.05, 0.1) is 12.0 Å². The Kier molecular flexibility index (Phi) is 5.37. The van der Waals surface area contributed by atoms with Crippen molar-refractivity contribution in [2.75, 3.05) is 13.2 Å². The summed E-state index contributed by atoms with van der Waals surface area (Å²) >= 11 is 0. The van der Waals surface area contributed by atoms with E-state index in [1.807, 2.05) is 0 Å². The maximum absolute atomic E-state index is 12.7. The second-order valence-electron chi connectivity index (χ2n) is 8.54. The molecule has 0 amide bonds. The number of hydrogen-bond acceptors (Lipinski definition) is 6. The van der Waals surface area contributed by atoms with Gasteiger partial charge in [-0.1, -0.05) is 20.4 Å². The maximum Gasteiger partial charge on any atom is 0.344 e. The molecule has 0 N–H and O–H groups in total. The van der Waals surface area contributed by atoms with E-state index in [0.29, 0.717) is 18.4 Å². The number of rotatable bonds is 7. The van der Waals surface area contributed by atoms with Crippen LogP contribution in [0.3, 0.4) is 0 Å². The molecular formula is C21H30O6. The predicted octanol–water partition coefficient (Wildman–Crippen LogP) is 3.19. The van der Waals surface area contributed by atoms with Gasteiger partial charge in [0, 0.05) is 12.0 Å². The number of fused-ring (bicyclic) bond motifs is 3. The molecule has 27 heavy (non-hydrogen) atoms. The third-order valence-corrected chi connectivity index (χ3v) is 7.02. The van der Waals surface area contributed by atoms with Crippen molar-refractivity contribution in [3.8, 4) is 0 Å². The van der Waals surface area contributed by atoms with Gasteiger partial charge in [0.15, 0.2) is 6.61 Å². The van der Waals surface area contributed by atoms with Crippen molar-refractivity contribution in [1.29, 1.82) is 0 Å². The fourth-order valence-corrected chi connectivity index (χ4v) is 5.33. The SMILES string of the molecule is C=C(C)C(=O)OCC(=O)OCC1CC2CC1CC21CC(CC)(CC)OC1=O. The summed E-state index contributed by atoms with van der Waals surface area (Å²) < 4.78 is 16.0. The van der Waals surface area contributed by atoms with Crippen molar-refractivity contribution in [2.24, 2.45) is 23.2 Å². The molecular weight excluding hydrogens is 348 g/mol. The van der Waals surface area contributed by atoms with Crippen molar-refractivity contribution in [3.63, 3.8) is 0 Å². The number of hydrogen-bond donors (Lipinski definition) is 0. The molecule has 2 saturated carbocycles. The molecule has 150 valence electrons. The first-order chi connectivity index (χ1) is 12.7. The Bertz CT molecular complexity index is 649. The van der Waals surface area contributed by atoms with E-state index >= 15 is 0 Å². The second kappa shape index (κ2) is 7.28. The van der Waals surface area contributed by atoms with Crippen molar-refractivity contribution in [1.82, 2.24) is 0 Å². The summed E-state index contributed by atoms with van der Waals surface area (Å²) in [5.41, 5.74) is -0.370. The number of esters is 3. The van der Waals surface area contributed by atoms with Gasteiger partial charge >= 0.3 is 17.9 Å². The summed E-state index contributed by atoms with van der Waals surface area (Å²) in [6.45, 7) is 9.10.